The second kappa shape index (κ2) is 8.88. The number of amides is 1. The summed E-state index contributed by atoms with van der Waals surface area (Å²) in [6, 6.07) is 10.8. The van der Waals surface area contributed by atoms with Crippen molar-refractivity contribution in [1.29, 1.82) is 0 Å². The van der Waals surface area contributed by atoms with Gasteiger partial charge in [-0.1, -0.05) is 23.8 Å². The second-order valence-electron chi connectivity index (χ2n) is 8.17. The Labute approximate surface area is 179 Å². The fourth-order valence-electron chi connectivity index (χ4n) is 3.71. The molecule has 7 heteroatoms. The van der Waals surface area contributed by atoms with Crippen LogP contribution < -0.4 is 5.32 Å². The maximum atomic E-state index is 13.0. The van der Waals surface area contributed by atoms with Gasteiger partial charge in [0.2, 0.25) is 15.9 Å². The lowest BCUT2D eigenvalue weighted by Crippen LogP contribution is -2.53. The van der Waals surface area contributed by atoms with Crippen molar-refractivity contribution in [3.8, 4) is 0 Å². The molecule has 2 aromatic rings. The number of piperazine rings is 1. The number of aryl methyl sites for hydroxylation is 4. The minimum atomic E-state index is -3.52. The van der Waals surface area contributed by atoms with Gasteiger partial charge < -0.3 is 5.32 Å². The average Bonchev–Trinajstić information content (AvgIpc) is 2.71. The molecule has 0 aromatic heterocycles. The molecule has 0 bridgehead atoms. The Morgan fingerprint density at radius 2 is 1.57 bits per heavy atom. The Kier molecular flexibility index (Phi) is 6.65. The van der Waals surface area contributed by atoms with Crippen LogP contribution in [0, 0.1) is 27.7 Å². The van der Waals surface area contributed by atoms with Crippen LogP contribution >= 0.6 is 0 Å². The van der Waals surface area contributed by atoms with E-state index in [1.54, 1.807) is 12.1 Å². The number of benzene rings is 2. The molecule has 0 spiro atoms. The summed E-state index contributed by atoms with van der Waals surface area (Å²) >= 11 is 0. The molecule has 0 aliphatic carbocycles. The standard InChI is InChI=1S/C23H31N3O3S/c1-16-6-9-22(19(4)14-16)24-23(27)20(5)25-10-12-26(13-11-25)30(28,29)21-8-7-17(2)18(3)15-21/h6-9,14-15,20H,10-13H2,1-5H3,(H,24,27)/t20-/m1/s1. The van der Waals surface area contributed by atoms with Crippen molar-refractivity contribution >= 4 is 21.6 Å². The van der Waals surface area contributed by atoms with Crippen molar-refractivity contribution in [2.24, 2.45) is 0 Å². The van der Waals surface area contributed by atoms with E-state index in [1.165, 1.54) is 4.31 Å². The van der Waals surface area contributed by atoms with Crippen LogP contribution in [0.3, 0.4) is 0 Å². The highest BCUT2D eigenvalue weighted by molar-refractivity contribution is 7.89. The maximum absolute atomic E-state index is 13.0. The van der Waals surface area contributed by atoms with Gasteiger partial charge in [0, 0.05) is 31.9 Å². The SMILES string of the molecule is Cc1ccc(NC(=O)[C@@H](C)N2CCN(S(=O)(=O)c3ccc(C)c(C)c3)CC2)c(C)c1. The minimum absolute atomic E-state index is 0.0765. The van der Waals surface area contributed by atoms with Gasteiger partial charge in [-0.2, -0.15) is 4.31 Å². The molecule has 30 heavy (non-hydrogen) atoms. The lowest BCUT2D eigenvalue weighted by atomic mass is 10.1. The molecule has 1 N–H and O–H groups in total. The van der Waals surface area contributed by atoms with Crippen LogP contribution in [0.5, 0.6) is 0 Å². The molecule has 2 aromatic carbocycles. The maximum Gasteiger partial charge on any atom is 0.243 e. The second-order valence-corrected chi connectivity index (χ2v) is 10.1. The summed E-state index contributed by atoms with van der Waals surface area (Å²) in [6.07, 6.45) is 0. The molecule has 1 saturated heterocycles. The third kappa shape index (κ3) is 4.74. The van der Waals surface area contributed by atoms with Crippen LogP contribution in [0.1, 0.15) is 29.2 Å². The van der Waals surface area contributed by atoms with Gasteiger partial charge >= 0.3 is 0 Å². The van der Waals surface area contributed by atoms with E-state index in [0.717, 1.165) is 27.9 Å². The number of hydrogen-bond acceptors (Lipinski definition) is 4. The van der Waals surface area contributed by atoms with E-state index in [9.17, 15) is 13.2 Å². The van der Waals surface area contributed by atoms with Gasteiger partial charge in [0.05, 0.1) is 10.9 Å². The van der Waals surface area contributed by atoms with Crippen LogP contribution in [-0.4, -0.2) is 55.8 Å². The summed E-state index contributed by atoms with van der Waals surface area (Å²) < 4.78 is 27.5. The molecule has 1 heterocycles. The highest BCUT2D eigenvalue weighted by Gasteiger charge is 2.32. The highest BCUT2D eigenvalue weighted by atomic mass is 32.2. The number of anilines is 1. The number of nitrogens with zero attached hydrogens (tertiary/aromatic N) is 2. The van der Waals surface area contributed by atoms with Crippen molar-refractivity contribution in [1.82, 2.24) is 9.21 Å². The summed E-state index contributed by atoms with van der Waals surface area (Å²) in [5.41, 5.74) is 5.03. The summed E-state index contributed by atoms with van der Waals surface area (Å²) in [5, 5.41) is 3.00. The lowest BCUT2D eigenvalue weighted by Gasteiger charge is -2.36. The highest BCUT2D eigenvalue weighted by Crippen LogP contribution is 2.22. The average molecular weight is 430 g/mol. The van der Waals surface area contributed by atoms with Gasteiger partial charge in [-0.05, 0) is 69.5 Å². The molecule has 1 aliphatic heterocycles. The van der Waals surface area contributed by atoms with Crippen molar-refractivity contribution in [3.05, 3.63) is 58.7 Å². The third-order valence-corrected chi connectivity index (χ3v) is 7.85. The number of hydrogen-bond donors (Lipinski definition) is 1. The number of rotatable bonds is 5. The Balaban J connectivity index is 1.62. The normalized spacial score (nSPS) is 17.0. The Morgan fingerprint density at radius 1 is 0.900 bits per heavy atom. The predicted molar refractivity (Wildman–Crippen MR) is 120 cm³/mol. The fraction of sp³-hybridized carbons (Fsp3) is 0.435. The molecule has 0 saturated carbocycles. The molecule has 1 aliphatic rings. The fourth-order valence-corrected chi connectivity index (χ4v) is 5.22. The zero-order chi connectivity index (χ0) is 22.1. The van der Waals surface area contributed by atoms with Gasteiger partial charge in [-0.15, -0.1) is 0 Å². The zero-order valence-electron chi connectivity index (χ0n) is 18.4. The summed E-state index contributed by atoms with van der Waals surface area (Å²) in [5.74, 6) is -0.0765. The van der Waals surface area contributed by atoms with Crippen LogP contribution in [0.2, 0.25) is 0 Å². The quantitative estimate of drug-likeness (QED) is 0.792. The number of carbonyl (C=O) groups is 1. The molecule has 1 amide bonds. The Morgan fingerprint density at radius 3 is 2.17 bits per heavy atom. The van der Waals surface area contributed by atoms with Crippen LogP contribution in [-0.2, 0) is 14.8 Å². The van der Waals surface area contributed by atoms with E-state index >= 15 is 0 Å². The van der Waals surface area contributed by atoms with Gasteiger partial charge in [-0.3, -0.25) is 9.69 Å². The van der Waals surface area contributed by atoms with Crippen LogP contribution in [0.4, 0.5) is 5.69 Å². The minimum Gasteiger partial charge on any atom is -0.324 e. The first-order valence-electron chi connectivity index (χ1n) is 10.3. The largest absolute Gasteiger partial charge is 0.324 e. The summed E-state index contributed by atoms with van der Waals surface area (Å²) in [4.78, 5) is 15.1. The van der Waals surface area contributed by atoms with Crippen molar-refractivity contribution in [3.63, 3.8) is 0 Å². The van der Waals surface area contributed by atoms with Gasteiger partial charge in [-0.25, -0.2) is 8.42 Å². The monoisotopic (exact) mass is 429 g/mol. The molecule has 1 atom stereocenters. The van der Waals surface area contributed by atoms with E-state index in [0.29, 0.717) is 31.1 Å². The first-order valence-corrected chi connectivity index (χ1v) is 11.7. The molecule has 0 unspecified atom stereocenters. The third-order valence-electron chi connectivity index (χ3n) is 5.96. The van der Waals surface area contributed by atoms with Crippen molar-refractivity contribution in [2.75, 3.05) is 31.5 Å². The molecule has 3 rings (SSSR count). The van der Waals surface area contributed by atoms with E-state index in [1.807, 2.05) is 63.8 Å². The first kappa shape index (κ1) is 22.5. The summed E-state index contributed by atoms with van der Waals surface area (Å²) in [7, 11) is -3.52. The number of sulfonamides is 1. The zero-order valence-corrected chi connectivity index (χ0v) is 19.2. The van der Waals surface area contributed by atoms with E-state index < -0.39 is 10.0 Å². The molecule has 1 fully saturated rings. The molecular weight excluding hydrogens is 398 g/mol. The summed E-state index contributed by atoms with van der Waals surface area (Å²) in [6.45, 7) is 11.5. The number of nitrogens with one attached hydrogen (secondary N) is 1. The van der Waals surface area contributed by atoms with E-state index in [2.05, 4.69) is 5.32 Å². The van der Waals surface area contributed by atoms with Crippen LogP contribution in [0.25, 0.3) is 0 Å². The van der Waals surface area contributed by atoms with Crippen molar-refractivity contribution < 1.29 is 13.2 Å². The van der Waals surface area contributed by atoms with Gasteiger partial charge in [0.15, 0.2) is 0 Å². The lowest BCUT2D eigenvalue weighted by molar-refractivity contribution is -0.121. The van der Waals surface area contributed by atoms with Crippen LogP contribution in [0.15, 0.2) is 41.3 Å². The van der Waals surface area contributed by atoms with Crippen molar-refractivity contribution in [2.45, 2.75) is 45.6 Å². The van der Waals surface area contributed by atoms with E-state index in [-0.39, 0.29) is 11.9 Å². The molecule has 6 nitrogen and oxygen atoms in total. The molecule has 0 radical (unpaired) electrons. The Hall–Kier alpha value is -2.22. The smallest absolute Gasteiger partial charge is 0.243 e. The Bertz CT molecular complexity index is 1040. The predicted octanol–water partition coefficient (Wildman–Crippen LogP) is 3.25. The topological polar surface area (TPSA) is 69.7 Å². The molecule has 162 valence electrons. The van der Waals surface area contributed by atoms with E-state index in [4.69, 9.17) is 0 Å². The van der Waals surface area contributed by atoms with Gasteiger partial charge in [0.25, 0.3) is 0 Å². The first-order chi connectivity index (χ1) is 14.1. The molecular formula is C23H31N3O3S. The van der Waals surface area contributed by atoms with Gasteiger partial charge in [0.1, 0.15) is 0 Å². The number of carbonyl (C=O) groups excluding carboxylic acids is 1.